The van der Waals surface area contributed by atoms with Gasteiger partial charge in [0.15, 0.2) is 0 Å². The fourth-order valence-electron chi connectivity index (χ4n) is 0.974. The zero-order chi connectivity index (χ0) is 11.4. The van der Waals surface area contributed by atoms with Gasteiger partial charge in [-0.25, -0.2) is 8.78 Å². The van der Waals surface area contributed by atoms with Crippen molar-refractivity contribution < 1.29 is 19.0 Å². The summed E-state index contributed by atoms with van der Waals surface area (Å²) in [4.78, 5) is 0. The van der Waals surface area contributed by atoms with Gasteiger partial charge in [-0.15, -0.1) is 0 Å². The van der Waals surface area contributed by atoms with Crippen LogP contribution in [0.2, 0.25) is 5.02 Å². The van der Waals surface area contributed by atoms with E-state index in [0.29, 0.717) is 0 Å². The highest BCUT2D eigenvalue weighted by molar-refractivity contribution is 6.33. The van der Waals surface area contributed by atoms with Gasteiger partial charge in [0.2, 0.25) is 0 Å². The summed E-state index contributed by atoms with van der Waals surface area (Å²) in [5.41, 5.74) is -0.218. The normalized spacial score (nSPS) is 12.6. The molecule has 3 nitrogen and oxygen atoms in total. The SMILES string of the molecule is OCC(O)CNc1c(F)ccc(F)c1Cl. The maximum atomic E-state index is 13.1. The molecule has 3 N–H and O–H groups in total. The van der Waals surface area contributed by atoms with Crippen molar-refractivity contribution in [1.29, 1.82) is 0 Å². The lowest BCUT2D eigenvalue weighted by Crippen LogP contribution is -2.23. The fourth-order valence-corrected chi connectivity index (χ4v) is 1.19. The Morgan fingerprint density at radius 1 is 1.33 bits per heavy atom. The van der Waals surface area contributed by atoms with Crippen molar-refractivity contribution in [3.63, 3.8) is 0 Å². The van der Waals surface area contributed by atoms with Crippen molar-refractivity contribution in [3.8, 4) is 0 Å². The molecule has 0 spiro atoms. The van der Waals surface area contributed by atoms with E-state index in [1.54, 1.807) is 0 Å². The summed E-state index contributed by atoms with van der Waals surface area (Å²) in [5, 5.41) is 19.6. The summed E-state index contributed by atoms with van der Waals surface area (Å²) < 4.78 is 26.0. The lowest BCUT2D eigenvalue weighted by Gasteiger charge is -2.12. The van der Waals surface area contributed by atoms with Gasteiger partial charge in [-0.2, -0.15) is 0 Å². The Balaban J connectivity index is 2.80. The fraction of sp³-hybridized carbons (Fsp3) is 0.333. The van der Waals surface area contributed by atoms with Crippen molar-refractivity contribution >= 4 is 17.3 Å². The van der Waals surface area contributed by atoms with Crippen molar-refractivity contribution in [2.45, 2.75) is 6.10 Å². The standard InChI is InChI=1S/C9H10ClF2NO2/c10-8-6(11)1-2-7(12)9(8)13-3-5(15)4-14/h1-2,5,13-15H,3-4H2. The van der Waals surface area contributed by atoms with Gasteiger partial charge >= 0.3 is 0 Å². The second kappa shape index (κ2) is 5.25. The molecular weight excluding hydrogens is 228 g/mol. The predicted molar refractivity (Wildman–Crippen MR) is 53.0 cm³/mol. The predicted octanol–water partition coefficient (Wildman–Crippen LogP) is 1.38. The quantitative estimate of drug-likeness (QED) is 0.694. The average Bonchev–Trinajstić information content (AvgIpc) is 2.23. The molecule has 0 amide bonds. The van der Waals surface area contributed by atoms with Crippen LogP contribution in [0, 0.1) is 11.6 Å². The summed E-state index contributed by atoms with van der Waals surface area (Å²) >= 11 is 5.50. The number of nitrogens with one attached hydrogen (secondary N) is 1. The molecule has 0 aliphatic carbocycles. The van der Waals surface area contributed by atoms with Crippen LogP contribution in [0.4, 0.5) is 14.5 Å². The maximum Gasteiger partial charge on any atom is 0.148 e. The number of hydrogen-bond acceptors (Lipinski definition) is 3. The van der Waals surface area contributed by atoms with E-state index in [1.165, 1.54) is 0 Å². The molecule has 0 bridgehead atoms. The van der Waals surface area contributed by atoms with E-state index in [-0.39, 0.29) is 17.3 Å². The van der Waals surface area contributed by atoms with Crippen LogP contribution in [0.25, 0.3) is 0 Å². The summed E-state index contributed by atoms with van der Waals surface area (Å²) in [6, 6.07) is 1.83. The van der Waals surface area contributed by atoms with Crippen molar-refractivity contribution in [2.75, 3.05) is 18.5 Å². The van der Waals surface area contributed by atoms with Crippen LogP contribution in [0.15, 0.2) is 12.1 Å². The molecule has 0 aliphatic rings. The van der Waals surface area contributed by atoms with Gasteiger partial charge in [0.1, 0.15) is 16.7 Å². The van der Waals surface area contributed by atoms with Crippen LogP contribution < -0.4 is 5.32 Å². The Labute approximate surface area is 90.3 Å². The number of aliphatic hydroxyl groups excluding tert-OH is 2. The number of benzene rings is 1. The van der Waals surface area contributed by atoms with E-state index < -0.39 is 24.3 Å². The second-order valence-corrected chi connectivity index (χ2v) is 3.31. The van der Waals surface area contributed by atoms with Gasteiger partial charge in [-0.3, -0.25) is 0 Å². The molecule has 1 atom stereocenters. The van der Waals surface area contributed by atoms with Gasteiger partial charge in [0.25, 0.3) is 0 Å². The molecule has 1 rings (SSSR count). The molecular formula is C9H10ClF2NO2. The number of rotatable bonds is 4. The van der Waals surface area contributed by atoms with Crippen molar-refractivity contribution in [3.05, 3.63) is 28.8 Å². The Hall–Kier alpha value is -0.910. The Bertz CT molecular complexity index is 349. The molecule has 0 saturated heterocycles. The van der Waals surface area contributed by atoms with Gasteiger partial charge in [-0.1, -0.05) is 11.6 Å². The van der Waals surface area contributed by atoms with Crippen LogP contribution in [0.5, 0.6) is 0 Å². The van der Waals surface area contributed by atoms with Crippen LogP contribution in [0.3, 0.4) is 0 Å². The van der Waals surface area contributed by atoms with Gasteiger partial charge in [0, 0.05) is 6.54 Å². The third kappa shape index (κ3) is 3.02. The topological polar surface area (TPSA) is 52.5 Å². The van der Waals surface area contributed by atoms with E-state index in [1.807, 2.05) is 0 Å². The largest absolute Gasteiger partial charge is 0.394 e. The minimum absolute atomic E-state index is 0.114. The lowest BCUT2D eigenvalue weighted by molar-refractivity contribution is 0.105. The minimum atomic E-state index is -1.05. The first kappa shape index (κ1) is 12.2. The minimum Gasteiger partial charge on any atom is -0.394 e. The monoisotopic (exact) mass is 237 g/mol. The Kier molecular flexibility index (Phi) is 4.26. The van der Waals surface area contributed by atoms with Gasteiger partial charge in [-0.05, 0) is 12.1 Å². The molecule has 0 fully saturated rings. The summed E-state index contributed by atoms with van der Waals surface area (Å²) in [6.07, 6.45) is -1.05. The van der Waals surface area contributed by atoms with E-state index in [0.717, 1.165) is 12.1 Å². The Morgan fingerprint density at radius 2 is 1.93 bits per heavy atom. The molecule has 15 heavy (non-hydrogen) atoms. The highest BCUT2D eigenvalue weighted by Gasteiger charge is 2.12. The van der Waals surface area contributed by atoms with Gasteiger partial charge < -0.3 is 15.5 Å². The molecule has 0 saturated carbocycles. The molecule has 0 aromatic heterocycles. The van der Waals surface area contributed by atoms with Crippen LogP contribution in [-0.4, -0.2) is 29.5 Å². The molecule has 0 aliphatic heterocycles. The molecule has 84 valence electrons. The smallest absolute Gasteiger partial charge is 0.148 e. The number of hydrogen-bond donors (Lipinski definition) is 3. The first-order valence-electron chi connectivity index (χ1n) is 4.22. The zero-order valence-corrected chi connectivity index (χ0v) is 8.43. The highest BCUT2D eigenvalue weighted by Crippen LogP contribution is 2.27. The molecule has 1 unspecified atom stereocenters. The zero-order valence-electron chi connectivity index (χ0n) is 7.67. The van der Waals surface area contributed by atoms with E-state index in [9.17, 15) is 8.78 Å². The molecule has 0 radical (unpaired) electrons. The molecule has 0 heterocycles. The van der Waals surface area contributed by atoms with Crippen molar-refractivity contribution in [1.82, 2.24) is 0 Å². The third-order valence-corrected chi connectivity index (χ3v) is 2.14. The lowest BCUT2D eigenvalue weighted by atomic mass is 10.2. The van der Waals surface area contributed by atoms with Crippen LogP contribution in [-0.2, 0) is 0 Å². The van der Waals surface area contributed by atoms with E-state index >= 15 is 0 Å². The summed E-state index contributed by atoms with van der Waals surface area (Å²) in [7, 11) is 0. The van der Waals surface area contributed by atoms with Crippen molar-refractivity contribution in [2.24, 2.45) is 0 Å². The number of anilines is 1. The first-order valence-corrected chi connectivity index (χ1v) is 4.60. The molecule has 1 aromatic rings. The molecule has 1 aromatic carbocycles. The average molecular weight is 238 g/mol. The first-order chi connectivity index (χ1) is 7.06. The second-order valence-electron chi connectivity index (χ2n) is 2.94. The Morgan fingerprint density at radius 3 is 2.53 bits per heavy atom. The van der Waals surface area contributed by atoms with Crippen LogP contribution in [0.1, 0.15) is 0 Å². The van der Waals surface area contributed by atoms with Crippen LogP contribution >= 0.6 is 11.6 Å². The molecule has 6 heteroatoms. The maximum absolute atomic E-state index is 13.1. The van der Waals surface area contributed by atoms with E-state index in [2.05, 4.69) is 5.32 Å². The summed E-state index contributed by atoms with van der Waals surface area (Å²) in [6.45, 7) is -0.585. The highest BCUT2D eigenvalue weighted by atomic mass is 35.5. The third-order valence-electron chi connectivity index (χ3n) is 1.77. The summed E-state index contributed by atoms with van der Waals surface area (Å²) in [5.74, 6) is -1.47. The number of halogens is 3. The number of aliphatic hydroxyl groups is 2. The van der Waals surface area contributed by atoms with E-state index in [4.69, 9.17) is 21.8 Å². The van der Waals surface area contributed by atoms with Gasteiger partial charge in [0.05, 0.1) is 18.4 Å².